The number of rotatable bonds is 2. The number of aliphatic carboxylic acids is 2. The van der Waals surface area contributed by atoms with Gasteiger partial charge in [-0.2, -0.15) is 0 Å². The van der Waals surface area contributed by atoms with Crippen molar-refractivity contribution >= 4 is 11.9 Å². The van der Waals surface area contributed by atoms with Gasteiger partial charge in [-0.15, -0.1) is 0 Å². The van der Waals surface area contributed by atoms with Gasteiger partial charge in [0.15, 0.2) is 0 Å². The molecule has 0 spiro atoms. The molecule has 0 amide bonds. The predicted molar refractivity (Wildman–Crippen MR) is 45.3 cm³/mol. The lowest BCUT2D eigenvalue weighted by Gasteiger charge is -2.12. The molecule has 0 saturated carbocycles. The Kier molecular flexibility index (Phi) is 2.51. The largest absolute Gasteiger partial charge is 0.478 e. The average Bonchev–Trinajstić information content (AvgIpc) is 2.03. The minimum atomic E-state index is -1.14. The first-order chi connectivity index (χ1) is 6.02. The third-order valence-corrected chi connectivity index (χ3v) is 1.99. The summed E-state index contributed by atoms with van der Waals surface area (Å²) in [6, 6.07) is 0. The quantitative estimate of drug-likeness (QED) is 0.629. The summed E-state index contributed by atoms with van der Waals surface area (Å²) >= 11 is 0. The molecule has 13 heavy (non-hydrogen) atoms. The number of carboxylic acids is 2. The molecule has 1 rings (SSSR count). The summed E-state index contributed by atoms with van der Waals surface area (Å²) < 4.78 is 0. The topological polar surface area (TPSA) is 74.6 Å². The van der Waals surface area contributed by atoms with Gasteiger partial charge in [0.2, 0.25) is 0 Å². The lowest BCUT2D eigenvalue weighted by atomic mass is 9.92. The summed E-state index contributed by atoms with van der Waals surface area (Å²) in [5.74, 6) is -2.27. The number of carbonyl (C=O) groups is 2. The van der Waals surface area contributed by atoms with Crippen LogP contribution in [-0.4, -0.2) is 22.2 Å². The van der Waals surface area contributed by atoms with Crippen molar-refractivity contribution < 1.29 is 19.8 Å². The Bertz CT molecular complexity index is 323. The molecule has 0 aromatic heterocycles. The van der Waals surface area contributed by atoms with Gasteiger partial charge in [-0.05, 0) is 13.3 Å². The third kappa shape index (κ3) is 1.96. The third-order valence-electron chi connectivity index (χ3n) is 1.99. The Hall–Kier alpha value is -1.58. The van der Waals surface area contributed by atoms with Gasteiger partial charge in [0.05, 0.1) is 11.1 Å². The first-order valence-electron chi connectivity index (χ1n) is 3.86. The van der Waals surface area contributed by atoms with Crippen LogP contribution in [0.4, 0.5) is 0 Å². The fourth-order valence-corrected chi connectivity index (χ4v) is 1.28. The van der Waals surface area contributed by atoms with Gasteiger partial charge < -0.3 is 10.2 Å². The van der Waals surface area contributed by atoms with E-state index in [4.69, 9.17) is 10.2 Å². The zero-order valence-corrected chi connectivity index (χ0v) is 7.20. The van der Waals surface area contributed by atoms with Gasteiger partial charge in [0, 0.05) is 6.42 Å². The maximum Gasteiger partial charge on any atom is 0.332 e. The molecule has 0 bridgehead atoms. The van der Waals surface area contributed by atoms with E-state index < -0.39 is 11.9 Å². The Balaban J connectivity index is 3.04. The lowest BCUT2D eigenvalue weighted by Crippen LogP contribution is -2.14. The Morgan fingerprint density at radius 3 is 2.23 bits per heavy atom. The van der Waals surface area contributed by atoms with Crippen LogP contribution in [0.5, 0.6) is 0 Å². The zero-order chi connectivity index (χ0) is 10.0. The number of carboxylic acid groups (broad SMARTS) is 2. The highest BCUT2D eigenvalue weighted by Crippen LogP contribution is 2.24. The van der Waals surface area contributed by atoms with Crippen LogP contribution < -0.4 is 0 Å². The van der Waals surface area contributed by atoms with E-state index in [1.54, 1.807) is 13.0 Å². The van der Waals surface area contributed by atoms with E-state index in [-0.39, 0.29) is 24.0 Å². The lowest BCUT2D eigenvalue weighted by molar-refractivity contribution is -0.136. The first kappa shape index (κ1) is 9.51. The normalized spacial score (nSPS) is 16.8. The number of allylic oxidation sites excluding steroid dienone is 2. The van der Waals surface area contributed by atoms with Crippen molar-refractivity contribution in [3.63, 3.8) is 0 Å². The van der Waals surface area contributed by atoms with Crippen LogP contribution in [0.3, 0.4) is 0 Å². The second-order valence-corrected chi connectivity index (χ2v) is 3.00. The summed E-state index contributed by atoms with van der Waals surface area (Å²) in [7, 11) is 0. The highest BCUT2D eigenvalue weighted by Gasteiger charge is 2.22. The zero-order valence-electron chi connectivity index (χ0n) is 7.20. The van der Waals surface area contributed by atoms with Crippen LogP contribution >= 0.6 is 0 Å². The Morgan fingerprint density at radius 1 is 1.23 bits per heavy atom. The van der Waals surface area contributed by atoms with Crippen molar-refractivity contribution in [2.75, 3.05) is 0 Å². The molecule has 0 radical (unpaired) electrons. The molecule has 0 saturated heterocycles. The van der Waals surface area contributed by atoms with E-state index in [0.717, 1.165) is 5.57 Å². The van der Waals surface area contributed by atoms with Crippen molar-refractivity contribution in [1.29, 1.82) is 0 Å². The summed E-state index contributed by atoms with van der Waals surface area (Å²) in [5, 5.41) is 17.4. The number of hydrogen-bond acceptors (Lipinski definition) is 2. The molecule has 0 aliphatic heterocycles. The molecule has 0 fully saturated rings. The highest BCUT2D eigenvalue weighted by molar-refractivity contribution is 5.99. The van der Waals surface area contributed by atoms with Crippen molar-refractivity contribution in [3.05, 3.63) is 22.8 Å². The molecular weight excluding hydrogens is 172 g/mol. The van der Waals surface area contributed by atoms with E-state index in [1.165, 1.54) is 0 Å². The maximum absolute atomic E-state index is 10.7. The van der Waals surface area contributed by atoms with E-state index in [2.05, 4.69) is 0 Å². The van der Waals surface area contributed by atoms with Gasteiger partial charge in [0.25, 0.3) is 0 Å². The predicted octanol–water partition coefficient (Wildman–Crippen LogP) is 1.19. The van der Waals surface area contributed by atoms with Gasteiger partial charge in [0.1, 0.15) is 0 Å². The molecule has 70 valence electrons. The fourth-order valence-electron chi connectivity index (χ4n) is 1.28. The molecule has 0 aromatic rings. The number of hydrogen-bond donors (Lipinski definition) is 2. The molecule has 0 aromatic carbocycles. The molecule has 1 aliphatic rings. The first-order valence-corrected chi connectivity index (χ1v) is 3.86. The standard InChI is InChI=1S/C9H10O4/c1-5-2-3-6(8(10)11)7(4-5)9(12)13/h2H,3-4H2,1H3,(H,10,11)(H,12,13). The molecule has 0 atom stereocenters. The smallest absolute Gasteiger partial charge is 0.332 e. The highest BCUT2D eigenvalue weighted by atomic mass is 16.4. The molecule has 1 aliphatic carbocycles. The Morgan fingerprint density at radius 2 is 1.77 bits per heavy atom. The summed E-state index contributed by atoms with van der Waals surface area (Å²) in [4.78, 5) is 21.3. The second kappa shape index (κ2) is 3.43. The van der Waals surface area contributed by atoms with Crippen molar-refractivity contribution in [2.24, 2.45) is 0 Å². The van der Waals surface area contributed by atoms with E-state index in [9.17, 15) is 9.59 Å². The van der Waals surface area contributed by atoms with Crippen molar-refractivity contribution in [2.45, 2.75) is 19.8 Å². The molecule has 2 N–H and O–H groups in total. The minimum absolute atomic E-state index is 0.00176. The van der Waals surface area contributed by atoms with Gasteiger partial charge in [-0.1, -0.05) is 11.6 Å². The van der Waals surface area contributed by atoms with Crippen molar-refractivity contribution in [1.82, 2.24) is 0 Å². The molecule has 4 heteroatoms. The van der Waals surface area contributed by atoms with E-state index in [0.29, 0.717) is 0 Å². The summed E-state index contributed by atoms with van der Waals surface area (Å²) in [5.41, 5.74) is 0.910. The molecule has 0 unspecified atom stereocenters. The van der Waals surface area contributed by atoms with Crippen molar-refractivity contribution in [3.8, 4) is 0 Å². The van der Waals surface area contributed by atoms with Gasteiger partial charge >= 0.3 is 11.9 Å². The average molecular weight is 182 g/mol. The summed E-state index contributed by atoms with van der Waals surface area (Å²) in [6.07, 6.45) is 2.19. The van der Waals surface area contributed by atoms with Crippen LogP contribution in [0.2, 0.25) is 0 Å². The van der Waals surface area contributed by atoms with E-state index in [1.807, 2.05) is 0 Å². The SMILES string of the molecule is CC1=CCC(C(=O)O)=C(C(=O)O)C1. The van der Waals surface area contributed by atoms with Crippen LogP contribution in [-0.2, 0) is 9.59 Å². The van der Waals surface area contributed by atoms with Gasteiger partial charge in [-0.3, -0.25) is 0 Å². The van der Waals surface area contributed by atoms with Crippen LogP contribution in [0.25, 0.3) is 0 Å². The fraction of sp³-hybridized carbons (Fsp3) is 0.333. The van der Waals surface area contributed by atoms with Crippen LogP contribution in [0.15, 0.2) is 22.8 Å². The summed E-state index contributed by atoms with van der Waals surface area (Å²) in [6.45, 7) is 1.79. The van der Waals surface area contributed by atoms with Gasteiger partial charge in [-0.25, -0.2) is 9.59 Å². The van der Waals surface area contributed by atoms with E-state index >= 15 is 0 Å². The molecule has 4 nitrogen and oxygen atoms in total. The van der Waals surface area contributed by atoms with Crippen LogP contribution in [0.1, 0.15) is 19.8 Å². The minimum Gasteiger partial charge on any atom is -0.478 e. The van der Waals surface area contributed by atoms with Crippen LogP contribution in [0, 0.1) is 0 Å². The monoisotopic (exact) mass is 182 g/mol. The maximum atomic E-state index is 10.7. The Labute approximate surface area is 75.2 Å². The second-order valence-electron chi connectivity index (χ2n) is 3.00. The molecule has 0 heterocycles. The molecular formula is C9H10O4.